The smallest absolute Gasteiger partial charge is 0.276 e. The fraction of sp³-hybridized carbons (Fsp3) is 0.0556. The van der Waals surface area contributed by atoms with Crippen LogP contribution in [0.15, 0.2) is 61.2 Å². The van der Waals surface area contributed by atoms with Crippen LogP contribution in [-0.2, 0) is 11.2 Å². The lowest BCUT2D eigenvalue weighted by molar-refractivity contribution is -0.383. The average molecular weight is 408 g/mol. The van der Waals surface area contributed by atoms with E-state index in [-0.39, 0.29) is 18.1 Å². The van der Waals surface area contributed by atoms with Crippen LogP contribution in [-0.4, -0.2) is 31.7 Å². The van der Waals surface area contributed by atoms with Gasteiger partial charge in [0.2, 0.25) is 17.5 Å². The molecule has 0 unspecified atom stereocenters. The lowest BCUT2D eigenvalue weighted by Gasteiger charge is -2.11. The molecule has 4 N–H and O–H groups in total. The zero-order valence-corrected chi connectivity index (χ0v) is 15.4. The molecule has 0 saturated heterocycles. The summed E-state index contributed by atoms with van der Waals surface area (Å²) in [5.41, 5.74) is 9.98. The van der Waals surface area contributed by atoms with Crippen LogP contribution < -0.4 is 21.7 Å². The molecule has 2 aromatic heterocycles. The molecule has 0 spiro atoms. The van der Waals surface area contributed by atoms with Crippen molar-refractivity contribution in [2.24, 2.45) is 0 Å². The normalized spacial score (nSPS) is 10.0. The van der Waals surface area contributed by atoms with Gasteiger partial charge in [0, 0.05) is 18.0 Å². The topological polar surface area (TPSA) is 164 Å². The van der Waals surface area contributed by atoms with E-state index in [0.29, 0.717) is 5.56 Å². The first kappa shape index (κ1) is 20.1. The highest BCUT2D eigenvalue weighted by Gasteiger charge is 2.24. The van der Waals surface area contributed by atoms with Crippen molar-refractivity contribution >= 4 is 29.1 Å². The van der Waals surface area contributed by atoms with Crippen LogP contribution in [0.3, 0.4) is 0 Å². The summed E-state index contributed by atoms with van der Waals surface area (Å²) in [5.74, 6) is -1.49. The number of nitrogens with zero attached hydrogens (tertiary/aromatic N) is 4. The van der Waals surface area contributed by atoms with Crippen molar-refractivity contribution in [1.29, 1.82) is 0 Å². The van der Waals surface area contributed by atoms with Gasteiger partial charge in [0.25, 0.3) is 5.91 Å². The molecule has 0 fully saturated rings. The van der Waals surface area contributed by atoms with Crippen LogP contribution in [0, 0.1) is 10.1 Å². The maximum Gasteiger partial charge on any atom is 0.356 e. The molecule has 0 bridgehead atoms. The van der Waals surface area contributed by atoms with E-state index in [1.54, 1.807) is 24.3 Å². The van der Waals surface area contributed by atoms with Gasteiger partial charge in [0.05, 0.1) is 11.3 Å². The van der Waals surface area contributed by atoms with E-state index in [1.165, 1.54) is 24.5 Å². The standard InChI is InChI=1S/C18H16N8O4/c27-14(10-12-4-2-1-3-5-12)22-23-16-15(26(29)30)17(21-11-20-16)24-25-18(28)13-6-8-19-9-7-13/h1-9,11H,10H2,(H,22,27)(H,25,28)(H2,20,21,23,24). The molecular formula is C18H16N8O4. The third-order valence-corrected chi connectivity index (χ3v) is 3.77. The van der Waals surface area contributed by atoms with Gasteiger partial charge in [-0.2, -0.15) is 0 Å². The van der Waals surface area contributed by atoms with Crippen molar-refractivity contribution in [3.63, 3.8) is 0 Å². The van der Waals surface area contributed by atoms with Crippen molar-refractivity contribution in [3.8, 4) is 0 Å². The first-order valence-corrected chi connectivity index (χ1v) is 8.59. The molecule has 3 rings (SSSR count). The van der Waals surface area contributed by atoms with Crippen molar-refractivity contribution < 1.29 is 14.5 Å². The quantitative estimate of drug-likeness (QED) is 0.317. The van der Waals surface area contributed by atoms with Gasteiger partial charge in [-0.25, -0.2) is 9.97 Å². The highest BCUT2D eigenvalue weighted by molar-refractivity contribution is 5.94. The first-order valence-electron chi connectivity index (χ1n) is 8.59. The second-order valence-electron chi connectivity index (χ2n) is 5.83. The largest absolute Gasteiger partial charge is 0.356 e. The summed E-state index contributed by atoms with van der Waals surface area (Å²) in [5, 5.41) is 11.5. The SMILES string of the molecule is O=C(Cc1ccccc1)NNc1ncnc(NNC(=O)c2ccncc2)c1[N+](=O)[O-]. The predicted molar refractivity (Wildman–Crippen MR) is 106 cm³/mol. The van der Waals surface area contributed by atoms with Crippen molar-refractivity contribution in [2.45, 2.75) is 6.42 Å². The molecule has 0 radical (unpaired) electrons. The molecule has 0 aliphatic carbocycles. The minimum absolute atomic E-state index is 0.0693. The summed E-state index contributed by atoms with van der Waals surface area (Å²) in [6.07, 6.45) is 3.98. The Labute approximate surface area is 169 Å². The van der Waals surface area contributed by atoms with Crippen LogP contribution in [0.5, 0.6) is 0 Å². The number of hydrogen-bond donors (Lipinski definition) is 4. The van der Waals surface area contributed by atoms with Crippen LogP contribution in [0.25, 0.3) is 0 Å². The molecule has 152 valence electrons. The number of benzene rings is 1. The maximum atomic E-state index is 12.1. The second-order valence-corrected chi connectivity index (χ2v) is 5.83. The number of aromatic nitrogens is 3. The van der Waals surface area contributed by atoms with E-state index in [9.17, 15) is 19.7 Å². The monoisotopic (exact) mass is 408 g/mol. The van der Waals surface area contributed by atoms with E-state index in [1.807, 2.05) is 6.07 Å². The van der Waals surface area contributed by atoms with Gasteiger partial charge in [-0.05, 0) is 17.7 Å². The van der Waals surface area contributed by atoms with Crippen molar-refractivity contribution in [3.05, 3.63) is 82.4 Å². The number of nitro groups is 1. The molecule has 3 aromatic rings. The Hall–Kier alpha value is -4.61. The highest BCUT2D eigenvalue weighted by Crippen LogP contribution is 2.27. The van der Waals surface area contributed by atoms with Gasteiger partial charge >= 0.3 is 5.69 Å². The molecule has 1 aromatic carbocycles. The average Bonchev–Trinajstić information content (AvgIpc) is 2.77. The van der Waals surface area contributed by atoms with Gasteiger partial charge in [-0.3, -0.25) is 46.4 Å². The zero-order valence-electron chi connectivity index (χ0n) is 15.4. The molecule has 2 amide bonds. The summed E-state index contributed by atoms with van der Waals surface area (Å²) < 4.78 is 0. The second kappa shape index (κ2) is 9.54. The minimum Gasteiger partial charge on any atom is -0.276 e. The lowest BCUT2D eigenvalue weighted by atomic mass is 10.1. The van der Waals surface area contributed by atoms with Crippen molar-refractivity contribution in [2.75, 3.05) is 10.9 Å². The molecule has 30 heavy (non-hydrogen) atoms. The fourth-order valence-corrected chi connectivity index (χ4v) is 2.38. The van der Waals surface area contributed by atoms with Crippen molar-refractivity contribution in [1.82, 2.24) is 25.8 Å². The number of carbonyl (C=O) groups is 2. The van der Waals surface area contributed by atoms with Gasteiger partial charge in [0.15, 0.2) is 0 Å². The van der Waals surface area contributed by atoms with Crippen LogP contribution >= 0.6 is 0 Å². The summed E-state index contributed by atoms with van der Waals surface area (Å²) in [7, 11) is 0. The van der Waals surface area contributed by atoms with E-state index in [4.69, 9.17) is 0 Å². The Kier molecular flexibility index (Phi) is 6.41. The molecule has 0 aliphatic rings. The van der Waals surface area contributed by atoms with Crippen LogP contribution in [0.1, 0.15) is 15.9 Å². The van der Waals surface area contributed by atoms with Gasteiger partial charge < -0.3 is 0 Å². The number of rotatable bonds is 8. The number of pyridine rings is 1. The number of hydrogen-bond acceptors (Lipinski definition) is 9. The number of anilines is 2. The number of hydrazine groups is 2. The third kappa shape index (κ3) is 5.22. The number of amides is 2. The molecule has 2 heterocycles. The molecule has 0 aliphatic heterocycles. The Morgan fingerprint density at radius 1 is 0.933 bits per heavy atom. The van der Waals surface area contributed by atoms with Crippen LogP contribution in [0.4, 0.5) is 17.3 Å². The Bertz CT molecular complexity index is 1050. The summed E-state index contributed by atoms with van der Waals surface area (Å²) in [6.45, 7) is 0. The third-order valence-electron chi connectivity index (χ3n) is 3.77. The predicted octanol–water partition coefficient (Wildman–Crippen LogP) is 1.22. The zero-order chi connectivity index (χ0) is 21.3. The van der Waals surface area contributed by atoms with Crippen LogP contribution in [0.2, 0.25) is 0 Å². The van der Waals surface area contributed by atoms with Gasteiger partial charge in [0.1, 0.15) is 6.33 Å². The Morgan fingerprint density at radius 2 is 1.57 bits per heavy atom. The number of carbonyl (C=O) groups excluding carboxylic acids is 2. The van der Waals surface area contributed by atoms with E-state index in [2.05, 4.69) is 36.7 Å². The Balaban J connectivity index is 1.67. The summed E-state index contributed by atoms with van der Waals surface area (Å²) in [6, 6.07) is 11.9. The summed E-state index contributed by atoms with van der Waals surface area (Å²) in [4.78, 5) is 46.3. The van der Waals surface area contributed by atoms with E-state index < -0.39 is 22.4 Å². The Morgan fingerprint density at radius 3 is 2.20 bits per heavy atom. The van der Waals surface area contributed by atoms with Gasteiger partial charge in [-0.1, -0.05) is 30.3 Å². The molecule has 0 saturated carbocycles. The highest BCUT2D eigenvalue weighted by atomic mass is 16.6. The molecular weight excluding hydrogens is 392 g/mol. The minimum atomic E-state index is -0.743. The fourth-order valence-electron chi connectivity index (χ4n) is 2.38. The van der Waals surface area contributed by atoms with Gasteiger partial charge in [-0.15, -0.1) is 0 Å². The molecule has 12 heteroatoms. The molecule has 12 nitrogen and oxygen atoms in total. The molecule has 0 atom stereocenters. The first-order chi connectivity index (χ1) is 14.5. The van der Waals surface area contributed by atoms with E-state index in [0.717, 1.165) is 11.9 Å². The number of nitrogens with one attached hydrogen (secondary N) is 4. The lowest BCUT2D eigenvalue weighted by Crippen LogP contribution is -2.32. The summed E-state index contributed by atoms with van der Waals surface area (Å²) >= 11 is 0. The maximum absolute atomic E-state index is 12.1. The van der Waals surface area contributed by atoms with E-state index >= 15 is 0 Å².